The largest absolute Gasteiger partial charge is 0.329 e. The van der Waals surface area contributed by atoms with E-state index in [0.29, 0.717) is 22.0 Å². The Balaban J connectivity index is 1.53. The predicted octanol–water partition coefficient (Wildman–Crippen LogP) is 4.28. The first kappa shape index (κ1) is 19.8. The Bertz CT molecular complexity index is 1260. The summed E-state index contributed by atoms with van der Waals surface area (Å²) in [5.74, 6) is 0.602. The number of benzene rings is 2. The number of hydrogen-bond donors (Lipinski definition) is 1. The van der Waals surface area contributed by atoms with Crippen molar-refractivity contribution in [3.8, 4) is 5.69 Å². The molecule has 0 aliphatic heterocycles. The molecule has 0 aliphatic carbocycles. The molecule has 4 rings (SSSR count). The SMILES string of the molecule is CCn1c(C)nc2cc(C(=O)NN=Cc3c(C)nn(-c4ccccc4)c3Cl)ccc21. The van der Waals surface area contributed by atoms with Crippen molar-refractivity contribution in [2.75, 3.05) is 0 Å². The van der Waals surface area contributed by atoms with Gasteiger partial charge in [0.2, 0.25) is 0 Å². The lowest BCUT2D eigenvalue weighted by Crippen LogP contribution is -2.17. The highest BCUT2D eigenvalue weighted by Crippen LogP contribution is 2.22. The van der Waals surface area contributed by atoms with Gasteiger partial charge in [-0.05, 0) is 51.1 Å². The van der Waals surface area contributed by atoms with Gasteiger partial charge in [0.25, 0.3) is 5.91 Å². The van der Waals surface area contributed by atoms with Gasteiger partial charge in [-0.25, -0.2) is 15.1 Å². The number of hydrogen-bond acceptors (Lipinski definition) is 4. The van der Waals surface area contributed by atoms with Crippen molar-refractivity contribution < 1.29 is 4.79 Å². The van der Waals surface area contributed by atoms with Gasteiger partial charge in [-0.15, -0.1) is 0 Å². The second-order valence-corrected chi connectivity index (χ2v) is 7.20. The smallest absolute Gasteiger partial charge is 0.271 e. The molecule has 152 valence electrons. The van der Waals surface area contributed by atoms with Crippen LogP contribution >= 0.6 is 11.6 Å². The molecule has 1 N–H and O–H groups in total. The fourth-order valence-corrected chi connectivity index (χ4v) is 3.73. The molecule has 30 heavy (non-hydrogen) atoms. The number of rotatable bonds is 5. The number of aromatic nitrogens is 4. The number of hydrazone groups is 1. The molecule has 2 heterocycles. The van der Waals surface area contributed by atoms with Gasteiger partial charge in [-0.3, -0.25) is 4.79 Å². The first-order chi connectivity index (χ1) is 14.5. The number of fused-ring (bicyclic) bond motifs is 1. The zero-order valence-corrected chi connectivity index (χ0v) is 17.7. The molecule has 2 aromatic carbocycles. The van der Waals surface area contributed by atoms with Crippen LogP contribution in [0.1, 0.15) is 34.4 Å². The number of imidazole rings is 1. The van der Waals surface area contributed by atoms with Crippen LogP contribution < -0.4 is 5.43 Å². The molecule has 0 atom stereocenters. The average molecular weight is 421 g/mol. The van der Waals surface area contributed by atoms with Crippen LogP contribution in [0.2, 0.25) is 5.15 Å². The second-order valence-electron chi connectivity index (χ2n) is 6.84. The van der Waals surface area contributed by atoms with Crippen molar-refractivity contribution in [2.45, 2.75) is 27.3 Å². The Hall–Kier alpha value is -3.45. The molecule has 1 amide bonds. The van der Waals surface area contributed by atoms with E-state index in [9.17, 15) is 4.79 Å². The molecule has 0 bridgehead atoms. The monoisotopic (exact) mass is 420 g/mol. The molecule has 0 unspecified atom stereocenters. The molecule has 4 aromatic rings. The zero-order chi connectivity index (χ0) is 21.3. The summed E-state index contributed by atoms with van der Waals surface area (Å²) in [5, 5.41) is 8.97. The van der Waals surface area contributed by atoms with Crippen LogP contribution in [0.15, 0.2) is 53.6 Å². The number of carbonyl (C=O) groups is 1. The van der Waals surface area contributed by atoms with E-state index in [-0.39, 0.29) is 5.91 Å². The van der Waals surface area contributed by atoms with Crippen LogP contribution in [0.4, 0.5) is 0 Å². The highest BCUT2D eigenvalue weighted by Gasteiger charge is 2.14. The molecule has 0 fully saturated rings. The number of carbonyl (C=O) groups excluding carboxylic acids is 1. The second kappa shape index (κ2) is 8.12. The lowest BCUT2D eigenvalue weighted by atomic mass is 10.2. The van der Waals surface area contributed by atoms with Crippen LogP contribution in [-0.4, -0.2) is 31.5 Å². The van der Waals surface area contributed by atoms with Crippen LogP contribution in [0.25, 0.3) is 16.7 Å². The van der Waals surface area contributed by atoms with Gasteiger partial charge in [-0.1, -0.05) is 29.8 Å². The lowest BCUT2D eigenvalue weighted by Gasteiger charge is -2.03. The summed E-state index contributed by atoms with van der Waals surface area (Å²) in [6.07, 6.45) is 1.51. The first-order valence-electron chi connectivity index (χ1n) is 9.60. The maximum atomic E-state index is 12.5. The fraction of sp³-hybridized carbons (Fsp3) is 0.182. The Kier molecular flexibility index (Phi) is 5.37. The quantitative estimate of drug-likeness (QED) is 0.386. The number of amides is 1. The van der Waals surface area contributed by atoms with Crippen molar-refractivity contribution in [1.82, 2.24) is 24.8 Å². The molecular formula is C22H21ClN6O. The summed E-state index contributed by atoms with van der Waals surface area (Å²) in [5.41, 5.74) is 7.04. The van der Waals surface area contributed by atoms with E-state index >= 15 is 0 Å². The average Bonchev–Trinajstić information content (AvgIpc) is 3.23. The minimum atomic E-state index is -0.318. The molecule has 0 spiro atoms. The van der Waals surface area contributed by atoms with Crippen LogP contribution in [0, 0.1) is 13.8 Å². The first-order valence-corrected chi connectivity index (χ1v) is 9.98. The molecule has 0 radical (unpaired) electrons. The maximum absolute atomic E-state index is 12.5. The minimum Gasteiger partial charge on any atom is -0.329 e. The third-order valence-electron chi connectivity index (χ3n) is 4.93. The van der Waals surface area contributed by atoms with Crippen molar-refractivity contribution in [2.24, 2.45) is 5.10 Å². The highest BCUT2D eigenvalue weighted by atomic mass is 35.5. The third kappa shape index (κ3) is 3.59. The van der Waals surface area contributed by atoms with Gasteiger partial charge >= 0.3 is 0 Å². The number of para-hydroxylation sites is 1. The predicted molar refractivity (Wildman–Crippen MR) is 119 cm³/mol. The van der Waals surface area contributed by atoms with E-state index in [2.05, 4.69) is 32.1 Å². The normalized spacial score (nSPS) is 11.5. The van der Waals surface area contributed by atoms with Crippen LogP contribution in [0.5, 0.6) is 0 Å². The standard InChI is InChI=1S/C22H21ClN6O/c1-4-28-15(3)25-19-12-16(10-11-20(19)28)22(30)26-24-13-18-14(2)27-29(21(18)23)17-8-6-5-7-9-17/h5-13H,4H2,1-3H3,(H,26,30). The molecule has 0 saturated heterocycles. The van der Waals surface area contributed by atoms with E-state index < -0.39 is 0 Å². The molecular weight excluding hydrogens is 400 g/mol. The molecule has 0 aliphatic rings. The highest BCUT2D eigenvalue weighted by molar-refractivity contribution is 6.32. The topological polar surface area (TPSA) is 77.1 Å². The van der Waals surface area contributed by atoms with Gasteiger partial charge in [0.15, 0.2) is 0 Å². The summed E-state index contributed by atoms with van der Waals surface area (Å²) in [4.78, 5) is 17.0. The maximum Gasteiger partial charge on any atom is 0.271 e. The van der Waals surface area contributed by atoms with Crippen molar-refractivity contribution in [1.29, 1.82) is 0 Å². The van der Waals surface area contributed by atoms with Crippen molar-refractivity contribution in [3.05, 3.63) is 76.3 Å². The Labute approximate surface area is 179 Å². The lowest BCUT2D eigenvalue weighted by molar-refractivity contribution is 0.0955. The summed E-state index contributed by atoms with van der Waals surface area (Å²) in [7, 11) is 0. The van der Waals surface area contributed by atoms with E-state index in [0.717, 1.165) is 29.1 Å². The van der Waals surface area contributed by atoms with Crippen LogP contribution in [-0.2, 0) is 6.54 Å². The fourth-order valence-electron chi connectivity index (χ4n) is 3.41. The summed E-state index contributed by atoms with van der Waals surface area (Å²) in [6.45, 7) is 6.69. The van der Waals surface area contributed by atoms with Gasteiger partial charge in [0.1, 0.15) is 11.0 Å². The van der Waals surface area contributed by atoms with E-state index in [1.807, 2.05) is 50.2 Å². The number of nitrogens with one attached hydrogen (secondary N) is 1. The number of nitrogens with zero attached hydrogens (tertiary/aromatic N) is 5. The summed E-state index contributed by atoms with van der Waals surface area (Å²) >= 11 is 6.48. The Morgan fingerprint density at radius 1 is 1.20 bits per heavy atom. The minimum absolute atomic E-state index is 0.318. The molecule has 0 saturated carbocycles. The van der Waals surface area contributed by atoms with Gasteiger partial charge in [0.05, 0.1) is 34.2 Å². The number of halogens is 1. The van der Waals surface area contributed by atoms with E-state index in [4.69, 9.17) is 11.6 Å². The van der Waals surface area contributed by atoms with E-state index in [1.54, 1.807) is 16.8 Å². The molecule has 8 heteroatoms. The molecule has 7 nitrogen and oxygen atoms in total. The van der Waals surface area contributed by atoms with Gasteiger partial charge in [0, 0.05) is 12.1 Å². The van der Waals surface area contributed by atoms with Crippen LogP contribution in [0.3, 0.4) is 0 Å². The third-order valence-corrected chi connectivity index (χ3v) is 5.29. The summed E-state index contributed by atoms with van der Waals surface area (Å²) in [6, 6.07) is 15.0. The van der Waals surface area contributed by atoms with Crippen molar-refractivity contribution in [3.63, 3.8) is 0 Å². The zero-order valence-electron chi connectivity index (χ0n) is 16.9. The van der Waals surface area contributed by atoms with E-state index in [1.165, 1.54) is 6.21 Å². The van der Waals surface area contributed by atoms with Gasteiger partial charge in [-0.2, -0.15) is 10.2 Å². The van der Waals surface area contributed by atoms with Crippen molar-refractivity contribution >= 4 is 34.8 Å². The molecule has 2 aromatic heterocycles. The Morgan fingerprint density at radius 2 is 1.97 bits per heavy atom. The number of aryl methyl sites for hydroxylation is 3. The summed E-state index contributed by atoms with van der Waals surface area (Å²) < 4.78 is 3.74. The Morgan fingerprint density at radius 3 is 2.70 bits per heavy atom. The van der Waals surface area contributed by atoms with Gasteiger partial charge < -0.3 is 4.57 Å².